The molecule has 0 bridgehead atoms. The molecule has 0 amide bonds. The van der Waals surface area contributed by atoms with Gasteiger partial charge in [-0.05, 0) is 25.0 Å². The highest BCUT2D eigenvalue weighted by atomic mass is 79.9. The predicted molar refractivity (Wildman–Crippen MR) is 53.5 cm³/mol. The Bertz CT molecular complexity index is 247. The molecule has 1 saturated carbocycles. The molecule has 1 aromatic heterocycles. The number of rotatable bonds is 1. The second kappa shape index (κ2) is 3.56. The van der Waals surface area contributed by atoms with Crippen molar-refractivity contribution in [2.24, 2.45) is 0 Å². The van der Waals surface area contributed by atoms with Crippen molar-refractivity contribution in [2.75, 3.05) is 0 Å². The van der Waals surface area contributed by atoms with Gasteiger partial charge in [0.05, 0.1) is 0 Å². The third-order valence-electron chi connectivity index (χ3n) is 2.50. The Morgan fingerprint density at radius 2 is 2.25 bits per heavy atom. The van der Waals surface area contributed by atoms with Gasteiger partial charge in [0.25, 0.3) is 0 Å². The summed E-state index contributed by atoms with van der Waals surface area (Å²) >= 11 is 3.70. The zero-order valence-electron chi connectivity index (χ0n) is 6.91. The van der Waals surface area contributed by atoms with Gasteiger partial charge in [0, 0.05) is 22.6 Å². The smallest absolute Gasteiger partial charge is 0.0445 e. The SMILES string of the molecule is BrC1CCCC1c1ccccn1. The van der Waals surface area contributed by atoms with Crippen LogP contribution in [0.4, 0.5) is 0 Å². The molecule has 1 aliphatic rings. The maximum absolute atomic E-state index is 4.38. The van der Waals surface area contributed by atoms with E-state index in [9.17, 15) is 0 Å². The van der Waals surface area contributed by atoms with E-state index in [2.05, 4.69) is 33.0 Å². The monoisotopic (exact) mass is 225 g/mol. The van der Waals surface area contributed by atoms with Crippen LogP contribution in [0.1, 0.15) is 30.9 Å². The van der Waals surface area contributed by atoms with Crippen molar-refractivity contribution in [1.82, 2.24) is 4.98 Å². The van der Waals surface area contributed by atoms with Gasteiger partial charge >= 0.3 is 0 Å². The normalized spacial score (nSPS) is 29.1. The first kappa shape index (κ1) is 8.24. The molecule has 0 aromatic carbocycles. The summed E-state index contributed by atoms with van der Waals surface area (Å²) in [7, 11) is 0. The van der Waals surface area contributed by atoms with Gasteiger partial charge in [-0.2, -0.15) is 0 Å². The maximum atomic E-state index is 4.38. The standard InChI is InChI=1S/C10H12BrN/c11-9-5-3-4-8(9)10-6-1-2-7-12-10/h1-2,6-9H,3-5H2. The van der Waals surface area contributed by atoms with E-state index >= 15 is 0 Å². The molecule has 0 saturated heterocycles. The van der Waals surface area contributed by atoms with Gasteiger partial charge in [0.2, 0.25) is 0 Å². The van der Waals surface area contributed by atoms with Gasteiger partial charge in [-0.25, -0.2) is 0 Å². The van der Waals surface area contributed by atoms with Gasteiger partial charge in [-0.15, -0.1) is 0 Å². The summed E-state index contributed by atoms with van der Waals surface area (Å²) in [5, 5.41) is 0. The van der Waals surface area contributed by atoms with Crippen LogP contribution in [-0.4, -0.2) is 9.81 Å². The van der Waals surface area contributed by atoms with Crippen LogP contribution in [0.25, 0.3) is 0 Å². The maximum Gasteiger partial charge on any atom is 0.0445 e. The Morgan fingerprint density at radius 3 is 2.83 bits per heavy atom. The summed E-state index contributed by atoms with van der Waals surface area (Å²) in [6.45, 7) is 0. The number of aromatic nitrogens is 1. The third kappa shape index (κ3) is 1.53. The lowest BCUT2D eigenvalue weighted by molar-refractivity contribution is 0.715. The van der Waals surface area contributed by atoms with E-state index in [1.807, 2.05) is 12.3 Å². The molecule has 1 heterocycles. The quantitative estimate of drug-likeness (QED) is 0.670. The fourth-order valence-electron chi connectivity index (χ4n) is 1.84. The number of halogens is 1. The Balaban J connectivity index is 2.19. The lowest BCUT2D eigenvalue weighted by Gasteiger charge is -2.12. The summed E-state index contributed by atoms with van der Waals surface area (Å²) < 4.78 is 0. The molecule has 2 heteroatoms. The van der Waals surface area contributed by atoms with Crippen molar-refractivity contribution in [1.29, 1.82) is 0 Å². The van der Waals surface area contributed by atoms with Crippen molar-refractivity contribution in [3.63, 3.8) is 0 Å². The Labute approximate surface area is 81.3 Å². The van der Waals surface area contributed by atoms with E-state index in [0.717, 1.165) is 0 Å². The van der Waals surface area contributed by atoms with Crippen molar-refractivity contribution in [3.8, 4) is 0 Å². The lowest BCUT2D eigenvalue weighted by Crippen LogP contribution is -2.05. The molecular formula is C10H12BrN. The number of hydrogen-bond acceptors (Lipinski definition) is 1. The molecule has 0 N–H and O–H groups in total. The fraction of sp³-hybridized carbons (Fsp3) is 0.500. The Kier molecular flexibility index (Phi) is 2.45. The molecule has 1 aromatic rings. The number of hydrogen-bond donors (Lipinski definition) is 0. The van der Waals surface area contributed by atoms with E-state index in [1.54, 1.807) is 0 Å². The van der Waals surface area contributed by atoms with Crippen LogP contribution in [-0.2, 0) is 0 Å². The zero-order chi connectivity index (χ0) is 8.39. The molecule has 0 aliphatic heterocycles. The molecule has 2 atom stereocenters. The first-order valence-corrected chi connectivity index (χ1v) is 5.34. The van der Waals surface area contributed by atoms with Gasteiger partial charge in [0.15, 0.2) is 0 Å². The first-order chi connectivity index (χ1) is 5.88. The average molecular weight is 226 g/mol. The van der Waals surface area contributed by atoms with E-state index in [1.165, 1.54) is 25.0 Å². The summed E-state index contributed by atoms with van der Waals surface area (Å²) in [5.41, 5.74) is 1.25. The molecule has 1 nitrogen and oxygen atoms in total. The molecule has 12 heavy (non-hydrogen) atoms. The zero-order valence-corrected chi connectivity index (χ0v) is 8.50. The fourth-order valence-corrected chi connectivity index (χ4v) is 2.70. The highest BCUT2D eigenvalue weighted by Crippen LogP contribution is 2.37. The van der Waals surface area contributed by atoms with Crippen LogP contribution < -0.4 is 0 Å². The van der Waals surface area contributed by atoms with E-state index < -0.39 is 0 Å². The first-order valence-electron chi connectivity index (χ1n) is 4.43. The van der Waals surface area contributed by atoms with Crippen LogP contribution in [0, 0.1) is 0 Å². The van der Waals surface area contributed by atoms with Crippen LogP contribution in [0.15, 0.2) is 24.4 Å². The number of nitrogens with zero attached hydrogens (tertiary/aromatic N) is 1. The minimum atomic E-state index is 0.645. The summed E-state index contributed by atoms with van der Waals surface area (Å²) in [5.74, 6) is 0.645. The van der Waals surface area contributed by atoms with Crippen LogP contribution in [0.5, 0.6) is 0 Å². The Morgan fingerprint density at radius 1 is 1.33 bits per heavy atom. The Hall–Kier alpha value is -0.370. The summed E-state index contributed by atoms with van der Waals surface area (Å²) in [6, 6.07) is 6.17. The lowest BCUT2D eigenvalue weighted by atomic mass is 10.0. The largest absolute Gasteiger partial charge is 0.261 e. The minimum Gasteiger partial charge on any atom is -0.261 e. The molecular weight excluding hydrogens is 214 g/mol. The number of pyridine rings is 1. The van der Waals surface area contributed by atoms with Crippen molar-refractivity contribution >= 4 is 15.9 Å². The molecule has 0 radical (unpaired) electrons. The van der Waals surface area contributed by atoms with Crippen LogP contribution in [0.3, 0.4) is 0 Å². The number of alkyl halides is 1. The molecule has 1 fully saturated rings. The van der Waals surface area contributed by atoms with Crippen LogP contribution in [0.2, 0.25) is 0 Å². The highest BCUT2D eigenvalue weighted by Gasteiger charge is 2.26. The molecule has 1 aliphatic carbocycles. The third-order valence-corrected chi connectivity index (χ3v) is 3.60. The highest BCUT2D eigenvalue weighted by molar-refractivity contribution is 9.09. The van der Waals surface area contributed by atoms with Gasteiger partial charge in [-0.1, -0.05) is 28.4 Å². The average Bonchev–Trinajstić information content (AvgIpc) is 2.53. The second-order valence-corrected chi connectivity index (χ2v) is 4.48. The molecule has 2 unspecified atom stereocenters. The summed E-state index contributed by atoms with van der Waals surface area (Å²) in [4.78, 5) is 5.03. The predicted octanol–water partition coefficient (Wildman–Crippen LogP) is 3.11. The van der Waals surface area contributed by atoms with Gasteiger partial charge in [-0.3, -0.25) is 4.98 Å². The minimum absolute atomic E-state index is 0.645. The molecule has 2 rings (SSSR count). The van der Waals surface area contributed by atoms with Crippen molar-refractivity contribution in [3.05, 3.63) is 30.1 Å². The molecule has 0 spiro atoms. The van der Waals surface area contributed by atoms with E-state index in [-0.39, 0.29) is 0 Å². The van der Waals surface area contributed by atoms with E-state index in [4.69, 9.17) is 0 Å². The second-order valence-electron chi connectivity index (χ2n) is 3.31. The van der Waals surface area contributed by atoms with Crippen molar-refractivity contribution < 1.29 is 0 Å². The van der Waals surface area contributed by atoms with Gasteiger partial charge < -0.3 is 0 Å². The van der Waals surface area contributed by atoms with E-state index in [0.29, 0.717) is 10.7 Å². The topological polar surface area (TPSA) is 12.9 Å². The van der Waals surface area contributed by atoms with Gasteiger partial charge in [0.1, 0.15) is 0 Å². The summed E-state index contributed by atoms with van der Waals surface area (Å²) in [6.07, 6.45) is 5.79. The van der Waals surface area contributed by atoms with Crippen LogP contribution >= 0.6 is 15.9 Å². The molecule has 64 valence electrons. The van der Waals surface area contributed by atoms with Crippen molar-refractivity contribution in [2.45, 2.75) is 30.0 Å².